The number of benzene rings is 2. The maximum absolute atomic E-state index is 6.00. The molecule has 0 aromatic heterocycles. The highest BCUT2D eigenvalue weighted by Crippen LogP contribution is 2.31. The standard InChI is InChI=1S/C12H6Cl2/c13-11-7-3-1-5-9(11)10-6-2-4-8-12(10)14/h1-6H. The van der Waals surface area contributed by atoms with Gasteiger partial charge in [0.05, 0.1) is 10.0 Å². The smallest absolute Gasteiger partial charge is 0.0563 e. The van der Waals surface area contributed by atoms with Crippen LogP contribution in [0.3, 0.4) is 0 Å². The first-order chi connectivity index (χ1) is 6.79. The van der Waals surface area contributed by atoms with Gasteiger partial charge in [-0.15, -0.1) is 0 Å². The van der Waals surface area contributed by atoms with Crippen molar-refractivity contribution in [3.8, 4) is 11.1 Å². The number of halogens is 2. The Morgan fingerprint density at radius 1 is 0.786 bits per heavy atom. The van der Waals surface area contributed by atoms with Crippen molar-refractivity contribution in [2.75, 3.05) is 0 Å². The molecule has 0 amide bonds. The van der Waals surface area contributed by atoms with Crippen LogP contribution in [-0.4, -0.2) is 0 Å². The maximum atomic E-state index is 6.00. The van der Waals surface area contributed by atoms with Gasteiger partial charge in [-0.05, 0) is 0 Å². The van der Waals surface area contributed by atoms with Crippen LogP contribution in [0.1, 0.15) is 0 Å². The molecule has 68 valence electrons. The van der Waals surface area contributed by atoms with Gasteiger partial charge in [-0.3, -0.25) is 0 Å². The molecule has 0 saturated carbocycles. The van der Waals surface area contributed by atoms with Crippen molar-refractivity contribution < 1.29 is 0 Å². The Kier molecular flexibility index (Phi) is 2.76. The molecular formula is C12H6Cl2. The molecule has 2 aromatic rings. The summed E-state index contributed by atoms with van der Waals surface area (Å²) in [7, 11) is 0. The first-order valence-electron chi connectivity index (χ1n) is 4.12. The number of rotatable bonds is 1. The third-order valence-electron chi connectivity index (χ3n) is 1.90. The molecule has 14 heavy (non-hydrogen) atoms. The minimum atomic E-state index is 0.578. The third kappa shape index (κ3) is 1.77. The van der Waals surface area contributed by atoms with E-state index < -0.39 is 0 Å². The minimum Gasteiger partial charge on any atom is -0.0830 e. The molecule has 0 bridgehead atoms. The van der Waals surface area contributed by atoms with Crippen LogP contribution in [0.2, 0.25) is 10.0 Å². The summed E-state index contributed by atoms with van der Waals surface area (Å²) in [6.07, 6.45) is 0. The van der Waals surface area contributed by atoms with Crippen molar-refractivity contribution >= 4 is 23.2 Å². The topological polar surface area (TPSA) is 0 Å². The Labute approximate surface area is 93.1 Å². The highest BCUT2D eigenvalue weighted by molar-refractivity contribution is 6.36. The monoisotopic (exact) mass is 220 g/mol. The fourth-order valence-corrected chi connectivity index (χ4v) is 1.70. The molecule has 0 aliphatic heterocycles. The van der Waals surface area contributed by atoms with E-state index in [2.05, 4.69) is 12.1 Å². The lowest BCUT2D eigenvalue weighted by Gasteiger charge is -2.04. The van der Waals surface area contributed by atoms with Gasteiger partial charge in [0, 0.05) is 23.3 Å². The summed E-state index contributed by atoms with van der Waals surface area (Å²) < 4.78 is 0. The van der Waals surface area contributed by atoms with E-state index in [-0.39, 0.29) is 0 Å². The molecular weight excluding hydrogens is 215 g/mol. The molecule has 2 rings (SSSR count). The SMILES string of the molecule is Clc1[c]cccc1-c1ccc[c]c1Cl. The predicted molar refractivity (Wildman–Crippen MR) is 59.6 cm³/mol. The van der Waals surface area contributed by atoms with Gasteiger partial charge in [0.1, 0.15) is 0 Å². The van der Waals surface area contributed by atoms with Crippen LogP contribution >= 0.6 is 23.2 Å². The summed E-state index contributed by atoms with van der Waals surface area (Å²) in [6, 6.07) is 17.0. The molecule has 2 heteroatoms. The number of hydrogen-bond acceptors (Lipinski definition) is 0. The zero-order valence-electron chi connectivity index (χ0n) is 7.22. The average molecular weight is 221 g/mol. The second-order valence-electron chi connectivity index (χ2n) is 2.80. The molecule has 0 N–H and O–H groups in total. The van der Waals surface area contributed by atoms with Gasteiger partial charge in [0.25, 0.3) is 0 Å². The van der Waals surface area contributed by atoms with E-state index in [1.54, 1.807) is 12.1 Å². The zero-order chi connectivity index (χ0) is 9.97. The van der Waals surface area contributed by atoms with Crippen LogP contribution in [0.15, 0.2) is 36.4 Å². The second kappa shape index (κ2) is 4.04. The maximum Gasteiger partial charge on any atom is 0.0563 e. The Morgan fingerprint density at radius 2 is 1.21 bits per heavy atom. The van der Waals surface area contributed by atoms with E-state index in [0.29, 0.717) is 10.0 Å². The van der Waals surface area contributed by atoms with Gasteiger partial charge >= 0.3 is 0 Å². The summed E-state index contributed by atoms with van der Waals surface area (Å²) in [5.41, 5.74) is 1.77. The molecule has 0 fully saturated rings. The fourth-order valence-electron chi connectivity index (χ4n) is 1.25. The van der Waals surface area contributed by atoms with Crippen LogP contribution in [-0.2, 0) is 0 Å². The van der Waals surface area contributed by atoms with E-state index in [0.717, 1.165) is 11.1 Å². The summed E-state index contributed by atoms with van der Waals surface area (Å²) in [4.78, 5) is 0. The Morgan fingerprint density at radius 3 is 1.57 bits per heavy atom. The normalized spacial score (nSPS) is 10.1. The van der Waals surface area contributed by atoms with Crippen LogP contribution in [0.4, 0.5) is 0 Å². The van der Waals surface area contributed by atoms with Gasteiger partial charge in [0.2, 0.25) is 0 Å². The first-order valence-corrected chi connectivity index (χ1v) is 4.87. The van der Waals surface area contributed by atoms with Gasteiger partial charge in [0.15, 0.2) is 0 Å². The Bertz CT molecular complexity index is 406. The summed E-state index contributed by atoms with van der Waals surface area (Å²) in [6.45, 7) is 0. The van der Waals surface area contributed by atoms with Crippen LogP contribution in [0.5, 0.6) is 0 Å². The summed E-state index contributed by atoms with van der Waals surface area (Å²) >= 11 is 12.0. The zero-order valence-corrected chi connectivity index (χ0v) is 8.73. The van der Waals surface area contributed by atoms with Crippen LogP contribution < -0.4 is 0 Å². The molecule has 0 aliphatic rings. The van der Waals surface area contributed by atoms with Gasteiger partial charge in [-0.2, -0.15) is 0 Å². The molecule has 0 nitrogen and oxygen atoms in total. The lowest BCUT2D eigenvalue weighted by Crippen LogP contribution is -1.80. The van der Waals surface area contributed by atoms with Crippen molar-refractivity contribution in [2.24, 2.45) is 0 Å². The van der Waals surface area contributed by atoms with Crippen molar-refractivity contribution in [1.82, 2.24) is 0 Å². The Hall–Kier alpha value is -0.980. The highest BCUT2D eigenvalue weighted by atomic mass is 35.5. The average Bonchev–Trinajstić information content (AvgIpc) is 2.20. The van der Waals surface area contributed by atoms with E-state index in [9.17, 15) is 0 Å². The quantitative estimate of drug-likeness (QED) is 0.674. The van der Waals surface area contributed by atoms with Crippen molar-refractivity contribution in [3.63, 3.8) is 0 Å². The van der Waals surface area contributed by atoms with Gasteiger partial charge in [-0.25, -0.2) is 0 Å². The van der Waals surface area contributed by atoms with Crippen molar-refractivity contribution in [2.45, 2.75) is 0 Å². The molecule has 0 atom stereocenters. The molecule has 0 spiro atoms. The molecule has 2 aromatic carbocycles. The van der Waals surface area contributed by atoms with Crippen LogP contribution in [0, 0.1) is 12.1 Å². The summed E-state index contributed by atoms with van der Waals surface area (Å²) in [5, 5.41) is 1.16. The largest absolute Gasteiger partial charge is 0.0830 e. The van der Waals surface area contributed by atoms with Crippen molar-refractivity contribution in [3.05, 3.63) is 58.6 Å². The second-order valence-corrected chi connectivity index (χ2v) is 3.55. The lowest BCUT2D eigenvalue weighted by molar-refractivity contribution is 1.60. The predicted octanol–water partition coefficient (Wildman–Crippen LogP) is 4.26. The van der Waals surface area contributed by atoms with Gasteiger partial charge < -0.3 is 0 Å². The minimum absolute atomic E-state index is 0.578. The van der Waals surface area contributed by atoms with E-state index >= 15 is 0 Å². The lowest BCUT2D eigenvalue weighted by atomic mass is 10.1. The van der Waals surface area contributed by atoms with E-state index in [4.69, 9.17) is 23.2 Å². The molecule has 0 unspecified atom stereocenters. The summed E-state index contributed by atoms with van der Waals surface area (Å²) in [5.74, 6) is 0. The van der Waals surface area contributed by atoms with E-state index in [1.807, 2.05) is 24.3 Å². The Balaban J connectivity index is 2.61. The van der Waals surface area contributed by atoms with E-state index in [1.165, 1.54) is 0 Å². The van der Waals surface area contributed by atoms with Crippen molar-refractivity contribution in [1.29, 1.82) is 0 Å². The van der Waals surface area contributed by atoms with Crippen LogP contribution in [0.25, 0.3) is 11.1 Å². The third-order valence-corrected chi connectivity index (χ3v) is 2.53. The molecule has 2 radical (unpaired) electrons. The van der Waals surface area contributed by atoms with Gasteiger partial charge in [-0.1, -0.05) is 59.6 Å². The first kappa shape index (κ1) is 9.57. The molecule has 0 heterocycles. The molecule has 0 saturated heterocycles. The fraction of sp³-hybridized carbons (Fsp3) is 0. The number of hydrogen-bond donors (Lipinski definition) is 0. The molecule has 0 aliphatic carbocycles. The highest BCUT2D eigenvalue weighted by Gasteiger charge is 2.05.